The lowest BCUT2D eigenvalue weighted by Crippen LogP contribution is -2.20. The van der Waals surface area contributed by atoms with Gasteiger partial charge in [-0.15, -0.1) is 0 Å². The Kier molecular flexibility index (Phi) is 4.89. The van der Waals surface area contributed by atoms with Crippen molar-refractivity contribution >= 4 is 23.0 Å². The molecule has 0 radical (unpaired) electrons. The highest BCUT2D eigenvalue weighted by Gasteiger charge is 2.27. The third-order valence-corrected chi connectivity index (χ3v) is 2.21. The number of nitrogen functional groups attached to an aromatic ring is 1. The van der Waals surface area contributed by atoms with Crippen molar-refractivity contribution in [2.24, 2.45) is 0 Å². The predicted molar refractivity (Wildman–Crippen MR) is 61.2 cm³/mol. The van der Waals surface area contributed by atoms with Gasteiger partial charge in [0.15, 0.2) is 0 Å². The summed E-state index contributed by atoms with van der Waals surface area (Å²) in [5.41, 5.74) is 6.59. The molecule has 1 rings (SSSR count). The third kappa shape index (κ3) is 5.14. The standard InChI is InChI=1S/C10H12ClF3N2O/c11-7-2-1-3-8(9(7)15)16-4-5-17-6-10(12,13)14/h1-3,16H,4-6,15H2. The zero-order chi connectivity index (χ0) is 12.9. The zero-order valence-electron chi connectivity index (χ0n) is 8.85. The quantitative estimate of drug-likeness (QED) is 0.638. The van der Waals surface area contributed by atoms with E-state index in [4.69, 9.17) is 17.3 Å². The minimum absolute atomic E-state index is 0.0640. The average molecular weight is 269 g/mol. The topological polar surface area (TPSA) is 47.3 Å². The van der Waals surface area contributed by atoms with Gasteiger partial charge >= 0.3 is 6.18 Å². The van der Waals surface area contributed by atoms with Crippen LogP contribution in [0.5, 0.6) is 0 Å². The predicted octanol–water partition coefficient (Wildman–Crippen LogP) is 2.91. The Morgan fingerprint density at radius 2 is 2.06 bits per heavy atom. The Balaban J connectivity index is 2.29. The molecule has 0 atom stereocenters. The molecule has 0 saturated heterocycles. The Hall–Kier alpha value is -1.14. The number of hydrogen-bond acceptors (Lipinski definition) is 3. The fraction of sp³-hybridized carbons (Fsp3) is 0.400. The van der Waals surface area contributed by atoms with Crippen LogP contribution in [-0.2, 0) is 4.74 Å². The molecule has 0 bridgehead atoms. The molecule has 0 aromatic heterocycles. The summed E-state index contributed by atoms with van der Waals surface area (Å²) in [5, 5.41) is 3.23. The molecule has 96 valence electrons. The van der Waals surface area contributed by atoms with Crippen molar-refractivity contribution < 1.29 is 17.9 Å². The number of ether oxygens (including phenoxy) is 1. The molecule has 0 unspecified atom stereocenters. The van der Waals surface area contributed by atoms with Crippen LogP contribution in [0.4, 0.5) is 24.5 Å². The van der Waals surface area contributed by atoms with E-state index in [1.54, 1.807) is 18.2 Å². The van der Waals surface area contributed by atoms with Crippen LogP contribution in [-0.4, -0.2) is 25.9 Å². The van der Waals surface area contributed by atoms with Crippen molar-refractivity contribution in [3.05, 3.63) is 23.2 Å². The number of para-hydroxylation sites is 1. The van der Waals surface area contributed by atoms with Crippen LogP contribution in [0.15, 0.2) is 18.2 Å². The first-order valence-corrected chi connectivity index (χ1v) is 5.20. The number of benzene rings is 1. The summed E-state index contributed by atoms with van der Waals surface area (Å²) in [6.45, 7) is -1.09. The lowest BCUT2D eigenvalue weighted by molar-refractivity contribution is -0.172. The van der Waals surface area contributed by atoms with Crippen molar-refractivity contribution in [2.45, 2.75) is 6.18 Å². The number of anilines is 2. The molecule has 0 spiro atoms. The maximum Gasteiger partial charge on any atom is 0.411 e. The summed E-state index contributed by atoms with van der Waals surface area (Å²) < 4.78 is 39.6. The van der Waals surface area contributed by atoms with E-state index in [1.165, 1.54) is 0 Å². The lowest BCUT2D eigenvalue weighted by atomic mass is 10.2. The van der Waals surface area contributed by atoms with Gasteiger partial charge in [0.2, 0.25) is 0 Å². The molecule has 7 heteroatoms. The van der Waals surface area contributed by atoms with Crippen molar-refractivity contribution in [1.29, 1.82) is 0 Å². The number of halogens is 4. The second-order valence-corrected chi connectivity index (χ2v) is 3.70. The van der Waals surface area contributed by atoms with Crippen molar-refractivity contribution in [3.8, 4) is 0 Å². The number of alkyl halides is 3. The first-order chi connectivity index (χ1) is 7.90. The van der Waals surface area contributed by atoms with E-state index in [0.29, 0.717) is 16.4 Å². The van der Waals surface area contributed by atoms with Gasteiger partial charge in [0.1, 0.15) is 6.61 Å². The van der Waals surface area contributed by atoms with E-state index in [2.05, 4.69) is 10.1 Å². The maximum atomic E-state index is 11.7. The van der Waals surface area contributed by atoms with E-state index in [0.717, 1.165) is 0 Å². The van der Waals surface area contributed by atoms with Gasteiger partial charge in [0, 0.05) is 6.54 Å². The zero-order valence-corrected chi connectivity index (χ0v) is 9.61. The molecule has 0 aliphatic rings. The monoisotopic (exact) mass is 268 g/mol. The number of nitrogens with two attached hydrogens (primary N) is 1. The fourth-order valence-corrected chi connectivity index (χ4v) is 1.31. The number of rotatable bonds is 5. The molecule has 1 aromatic rings. The highest BCUT2D eigenvalue weighted by atomic mass is 35.5. The second-order valence-electron chi connectivity index (χ2n) is 3.30. The molecule has 3 N–H and O–H groups in total. The SMILES string of the molecule is Nc1c(Cl)cccc1NCCOCC(F)(F)F. The first kappa shape index (κ1) is 13.9. The average Bonchev–Trinajstić information content (AvgIpc) is 2.22. The van der Waals surface area contributed by atoms with Crippen LogP contribution in [0.3, 0.4) is 0 Å². The summed E-state index contributed by atoms with van der Waals surface area (Å²) in [4.78, 5) is 0. The smallest absolute Gasteiger partial charge is 0.396 e. The normalized spacial score (nSPS) is 11.5. The van der Waals surface area contributed by atoms with E-state index in [-0.39, 0.29) is 13.2 Å². The molecule has 0 amide bonds. The van der Waals surface area contributed by atoms with Gasteiger partial charge in [0.25, 0.3) is 0 Å². The molecular weight excluding hydrogens is 257 g/mol. The summed E-state index contributed by atoms with van der Waals surface area (Å²) in [7, 11) is 0. The molecule has 0 aliphatic heterocycles. The maximum absolute atomic E-state index is 11.7. The summed E-state index contributed by atoms with van der Waals surface area (Å²) in [6.07, 6.45) is -4.30. The minimum atomic E-state index is -4.30. The van der Waals surface area contributed by atoms with Crippen LogP contribution < -0.4 is 11.1 Å². The molecule has 0 fully saturated rings. The fourth-order valence-electron chi connectivity index (χ4n) is 1.14. The van der Waals surface area contributed by atoms with Crippen LogP contribution in [0.25, 0.3) is 0 Å². The Morgan fingerprint density at radius 1 is 1.35 bits per heavy atom. The molecule has 1 aromatic carbocycles. The van der Waals surface area contributed by atoms with E-state index >= 15 is 0 Å². The van der Waals surface area contributed by atoms with Gasteiger partial charge in [0.05, 0.1) is 23.0 Å². The Morgan fingerprint density at radius 3 is 2.71 bits per heavy atom. The highest BCUT2D eigenvalue weighted by Crippen LogP contribution is 2.26. The van der Waals surface area contributed by atoms with E-state index in [1.807, 2.05) is 0 Å². The van der Waals surface area contributed by atoms with Crippen LogP contribution >= 0.6 is 11.6 Å². The molecule has 17 heavy (non-hydrogen) atoms. The Bertz CT molecular complexity index is 371. The van der Waals surface area contributed by atoms with Gasteiger partial charge < -0.3 is 15.8 Å². The van der Waals surface area contributed by atoms with Gasteiger partial charge in [-0.3, -0.25) is 0 Å². The third-order valence-electron chi connectivity index (χ3n) is 1.88. The molecular formula is C10H12ClF3N2O. The van der Waals surface area contributed by atoms with Crippen LogP contribution in [0.2, 0.25) is 5.02 Å². The van der Waals surface area contributed by atoms with Gasteiger partial charge in [-0.1, -0.05) is 17.7 Å². The summed E-state index contributed by atoms with van der Waals surface area (Å²) >= 11 is 5.77. The van der Waals surface area contributed by atoms with Gasteiger partial charge in [-0.25, -0.2) is 0 Å². The molecule has 0 saturated carbocycles. The minimum Gasteiger partial charge on any atom is -0.396 e. The molecule has 3 nitrogen and oxygen atoms in total. The van der Waals surface area contributed by atoms with E-state index < -0.39 is 12.8 Å². The summed E-state index contributed by atoms with van der Waals surface area (Å²) in [6, 6.07) is 5.00. The lowest BCUT2D eigenvalue weighted by Gasteiger charge is -2.11. The van der Waals surface area contributed by atoms with E-state index in [9.17, 15) is 13.2 Å². The molecule has 0 aliphatic carbocycles. The first-order valence-electron chi connectivity index (χ1n) is 4.82. The van der Waals surface area contributed by atoms with Crippen LogP contribution in [0.1, 0.15) is 0 Å². The summed E-state index contributed by atoms with van der Waals surface area (Å²) in [5.74, 6) is 0. The van der Waals surface area contributed by atoms with Crippen molar-refractivity contribution in [2.75, 3.05) is 30.8 Å². The van der Waals surface area contributed by atoms with Gasteiger partial charge in [-0.05, 0) is 12.1 Å². The highest BCUT2D eigenvalue weighted by molar-refractivity contribution is 6.33. The largest absolute Gasteiger partial charge is 0.411 e. The van der Waals surface area contributed by atoms with Gasteiger partial charge in [-0.2, -0.15) is 13.2 Å². The second kappa shape index (κ2) is 5.97. The Labute approximate surface area is 102 Å². The number of nitrogens with one attached hydrogen (secondary N) is 1. The number of hydrogen-bond donors (Lipinski definition) is 2. The van der Waals surface area contributed by atoms with Crippen molar-refractivity contribution in [1.82, 2.24) is 0 Å². The molecule has 0 heterocycles. The van der Waals surface area contributed by atoms with Crippen molar-refractivity contribution in [3.63, 3.8) is 0 Å². The van der Waals surface area contributed by atoms with Crippen LogP contribution in [0, 0.1) is 0 Å².